The fourth-order valence-electron chi connectivity index (χ4n) is 2.50. The van der Waals surface area contributed by atoms with E-state index in [0.29, 0.717) is 13.0 Å². The standard InChI is InChI=1S/C16H15BrN2O/c1-11-4-2-3-5-14(11)19-9-8-16(20)18-13-7-6-12(17)10-15(13)19/h2-7,10H,8-9H2,1H3,(H,18,20). The maximum atomic E-state index is 11.8. The molecule has 0 fully saturated rings. The van der Waals surface area contributed by atoms with Crippen LogP contribution in [0.15, 0.2) is 46.9 Å². The molecule has 1 amide bonds. The van der Waals surface area contributed by atoms with Crippen LogP contribution in [0.4, 0.5) is 17.1 Å². The molecule has 1 N–H and O–H groups in total. The minimum atomic E-state index is 0.0599. The van der Waals surface area contributed by atoms with Gasteiger partial charge in [0.25, 0.3) is 0 Å². The number of carbonyl (C=O) groups excluding carboxylic acids is 1. The predicted molar refractivity (Wildman–Crippen MR) is 85.6 cm³/mol. The third-order valence-corrected chi connectivity index (χ3v) is 3.99. The van der Waals surface area contributed by atoms with Crippen LogP contribution in [0.5, 0.6) is 0 Å². The lowest BCUT2D eigenvalue weighted by Gasteiger charge is -2.26. The Balaban J connectivity index is 2.15. The molecule has 0 aromatic heterocycles. The van der Waals surface area contributed by atoms with Crippen molar-refractivity contribution >= 4 is 38.9 Å². The number of para-hydroxylation sites is 1. The summed E-state index contributed by atoms with van der Waals surface area (Å²) < 4.78 is 1.01. The van der Waals surface area contributed by atoms with E-state index in [2.05, 4.69) is 45.2 Å². The molecule has 0 spiro atoms. The number of anilines is 3. The minimum absolute atomic E-state index is 0.0599. The number of rotatable bonds is 1. The van der Waals surface area contributed by atoms with Crippen molar-refractivity contribution in [3.63, 3.8) is 0 Å². The first-order valence-corrected chi connectivity index (χ1v) is 7.37. The summed E-state index contributed by atoms with van der Waals surface area (Å²) in [6.07, 6.45) is 0.487. The van der Waals surface area contributed by atoms with Gasteiger partial charge in [-0.3, -0.25) is 4.79 Å². The third kappa shape index (κ3) is 2.43. The first-order chi connectivity index (χ1) is 9.65. The number of aryl methyl sites for hydroxylation is 1. The second-order valence-electron chi connectivity index (χ2n) is 4.90. The van der Waals surface area contributed by atoms with E-state index in [1.54, 1.807) is 0 Å². The molecule has 0 saturated heterocycles. The number of halogens is 1. The van der Waals surface area contributed by atoms with Crippen molar-refractivity contribution < 1.29 is 4.79 Å². The molecule has 102 valence electrons. The first-order valence-electron chi connectivity index (χ1n) is 6.58. The van der Waals surface area contributed by atoms with Crippen LogP contribution in [0.1, 0.15) is 12.0 Å². The summed E-state index contributed by atoms with van der Waals surface area (Å²) >= 11 is 3.51. The lowest BCUT2D eigenvalue weighted by molar-refractivity contribution is -0.115. The van der Waals surface area contributed by atoms with Crippen molar-refractivity contribution in [1.82, 2.24) is 0 Å². The Hall–Kier alpha value is -1.81. The molecule has 0 bridgehead atoms. The fourth-order valence-corrected chi connectivity index (χ4v) is 2.85. The number of carbonyl (C=O) groups is 1. The lowest BCUT2D eigenvalue weighted by Crippen LogP contribution is -2.19. The Bertz CT molecular complexity index is 669. The zero-order valence-corrected chi connectivity index (χ0v) is 12.8. The number of amides is 1. The van der Waals surface area contributed by atoms with Crippen LogP contribution in [0, 0.1) is 6.92 Å². The molecular weight excluding hydrogens is 316 g/mol. The third-order valence-electron chi connectivity index (χ3n) is 3.49. The van der Waals surface area contributed by atoms with Gasteiger partial charge in [0, 0.05) is 23.1 Å². The fraction of sp³-hybridized carbons (Fsp3) is 0.188. The number of benzene rings is 2. The normalized spacial score (nSPS) is 14.5. The highest BCUT2D eigenvalue weighted by Crippen LogP contribution is 2.37. The van der Waals surface area contributed by atoms with Crippen molar-refractivity contribution in [3.05, 3.63) is 52.5 Å². The van der Waals surface area contributed by atoms with Gasteiger partial charge in [-0.2, -0.15) is 0 Å². The van der Waals surface area contributed by atoms with Crippen molar-refractivity contribution in [2.24, 2.45) is 0 Å². The van der Waals surface area contributed by atoms with Crippen LogP contribution in [0.25, 0.3) is 0 Å². The Morgan fingerprint density at radius 1 is 1.15 bits per heavy atom. The van der Waals surface area contributed by atoms with Gasteiger partial charge in [-0.25, -0.2) is 0 Å². The molecule has 1 heterocycles. The van der Waals surface area contributed by atoms with Gasteiger partial charge >= 0.3 is 0 Å². The number of fused-ring (bicyclic) bond motifs is 1. The average Bonchev–Trinajstić information content (AvgIpc) is 2.58. The highest BCUT2D eigenvalue weighted by molar-refractivity contribution is 9.10. The molecule has 2 aromatic carbocycles. The second-order valence-corrected chi connectivity index (χ2v) is 5.81. The molecule has 1 aliphatic rings. The molecule has 2 aromatic rings. The molecule has 0 radical (unpaired) electrons. The van der Waals surface area contributed by atoms with Gasteiger partial charge in [0.2, 0.25) is 5.91 Å². The lowest BCUT2D eigenvalue weighted by atomic mass is 10.1. The predicted octanol–water partition coefficient (Wildman–Crippen LogP) is 4.24. The monoisotopic (exact) mass is 330 g/mol. The number of hydrogen-bond acceptors (Lipinski definition) is 2. The van der Waals surface area contributed by atoms with Crippen LogP contribution >= 0.6 is 15.9 Å². The second kappa shape index (κ2) is 5.29. The molecule has 0 aliphatic carbocycles. The molecular formula is C16H15BrN2O. The summed E-state index contributed by atoms with van der Waals surface area (Å²) in [5, 5.41) is 2.97. The molecule has 1 aliphatic heterocycles. The van der Waals surface area contributed by atoms with E-state index in [1.165, 1.54) is 5.56 Å². The van der Waals surface area contributed by atoms with E-state index in [1.807, 2.05) is 30.3 Å². The van der Waals surface area contributed by atoms with Crippen molar-refractivity contribution in [3.8, 4) is 0 Å². The first kappa shape index (κ1) is 13.2. The van der Waals surface area contributed by atoms with Crippen molar-refractivity contribution in [2.75, 3.05) is 16.8 Å². The maximum absolute atomic E-state index is 11.8. The van der Waals surface area contributed by atoms with Gasteiger partial charge < -0.3 is 10.2 Å². The minimum Gasteiger partial charge on any atom is -0.339 e. The van der Waals surface area contributed by atoms with E-state index >= 15 is 0 Å². The summed E-state index contributed by atoms with van der Waals surface area (Å²) in [4.78, 5) is 14.0. The average molecular weight is 331 g/mol. The highest BCUT2D eigenvalue weighted by atomic mass is 79.9. The number of hydrogen-bond donors (Lipinski definition) is 1. The smallest absolute Gasteiger partial charge is 0.226 e. The largest absolute Gasteiger partial charge is 0.339 e. The molecule has 3 nitrogen and oxygen atoms in total. The molecule has 0 atom stereocenters. The number of nitrogens with one attached hydrogen (secondary N) is 1. The maximum Gasteiger partial charge on any atom is 0.226 e. The van der Waals surface area contributed by atoms with E-state index in [0.717, 1.165) is 21.5 Å². The molecule has 0 unspecified atom stereocenters. The quantitative estimate of drug-likeness (QED) is 0.848. The van der Waals surface area contributed by atoms with Gasteiger partial charge in [0.1, 0.15) is 0 Å². The zero-order valence-electron chi connectivity index (χ0n) is 11.2. The van der Waals surface area contributed by atoms with E-state index in [9.17, 15) is 4.79 Å². The number of nitrogens with zero attached hydrogens (tertiary/aromatic N) is 1. The summed E-state index contributed by atoms with van der Waals surface area (Å²) in [5.74, 6) is 0.0599. The van der Waals surface area contributed by atoms with E-state index < -0.39 is 0 Å². The van der Waals surface area contributed by atoms with Crippen LogP contribution in [0.3, 0.4) is 0 Å². The Morgan fingerprint density at radius 3 is 2.75 bits per heavy atom. The van der Waals surface area contributed by atoms with Crippen molar-refractivity contribution in [1.29, 1.82) is 0 Å². The van der Waals surface area contributed by atoms with Gasteiger partial charge in [-0.05, 0) is 36.8 Å². The molecule has 0 saturated carbocycles. The van der Waals surface area contributed by atoms with Gasteiger partial charge in [-0.15, -0.1) is 0 Å². The molecule has 20 heavy (non-hydrogen) atoms. The van der Waals surface area contributed by atoms with Crippen LogP contribution < -0.4 is 10.2 Å². The van der Waals surface area contributed by atoms with Gasteiger partial charge in [0.05, 0.1) is 11.4 Å². The Morgan fingerprint density at radius 2 is 1.95 bits per heavy atom. The summed E-state index contributed by atoms with van der Waals surface area (Å²) in [6.45, 7) is 2.77. The zero-order chi connectivity index (χ0) is 14.1. The molecule has 3 rings (SSSR count). The van der Waals surface area contributed by atoms with Crippen LogP contribution in [0.2, 0.25) is 0 Å². The topological polar surface area (TPSA) is 32.3 Å². The van der Waals surface area contributed by atoms with Crippen LogP contribution in [-0.4, -0.2) is 12.5 Å². The van der Waals surface area contributed by atoms with Gasteiger partial charge in [-0.1, -0.05) is 34.1 Å². The summed E-state index contributed by atoms with van der Waals surface area (Å²) in [7, 11) is 0. The van der Waals surface area contributed by atoms with Crippen molar-refractivity contribution in [2.45, 2.75) is 13.3 Å². The Kier molecular flexibility index (Phi) is 3.49. The summed E-state index contributed by atoms with van der Waals surface area (Å²) in [6, 6.07) is 14.2. The Labute approximate surface area is 126 Å². The summed E-state index contributed by atoms with van der Waals surface area (Å²) in [5.41, 5.74) is 4.23. The highest BCUT2D eigenvalue weighted by Gasteiger charge is 2.21. The molecule has 4 heteroatoms. The SMILES string of the molecule is Cc1ccccc1N1CCC(=O)Nc2ccc(Br)cc21. The van der Waals surface area contributed by atoms with Crippen LogP contribution in [-0.2, 0) is 4.79 Å². The van der Waals surface area contributed by atoms with E-state index in [4.69, 9.17) is 0 Å². The van der Waals surface area contributed by atoms with E-state index in [-0.39, 0.29) is 5.91 Å². The van der Waals surface area contributed by atoms with Gasteiger partial charge in [0.15, 0.2) is 0 Å².